The molecule has 114 valence electrons. The molecule has 1 aromatic carbocycles. The second-order valence-electron chi connectivity index (χ2n) is 5.86. The Labute approximate surface area is 128 Å². The third-order valence-corrected chi connectivity index (χ3v) is 4.44. The highest BCUT2D eigenvalue weighted by atomic mass is 16.5. The monoisotopic (exact) mass is 298 g/mol. The number of benzene rings is 1. The molecule has 1 fully saturated rings. The molecule has 2 aliphatic heterocycles. The lowest BCUT2D eigenvalue weighted by Gasteiger charge is -2.23. The number of carbonyl (C=O) groups is 1. The number of aromatic amines is 1. The van der Waals surface area contributed by atoms with Crippen molar-refractivity contribution in [2.45, 2.75) is 31.1 Å². The van der Waals surface area contributed by atoms with E-state index in [1.165, 1.54) is 0 Å². The fourth-order valence-corrected chi connectivity index (χ4v) is 3.24. The highest BCUT2D eigenvalue weighted by Gasteiger charge is 2.29. The quantitative estimate of drug-likeness (QED) is 0.890. The first-order valence-corrected chi connectivity index (χ1v) is 7.70. The van der Waals surface area contributed by atoms with Crippen molar-refractivity contribution >= 4 is 11.6 Å². The predicted molar refractivity (Wildman–Crippen MR) is 80.7 cm³/mol. The van der Waals surface area contributed by atoms with Gasteiger partial charge in [-0.25, -0.2) is 4.98 Å². The van der Waals surface area contributed by atoms with Crippen LogP contribution in [0.5, 0.6) is 0 Å². The minimum atomic E-state index is -0.0500. The smallest absolute Gasteiger partial charge is 0.225 e. The summed E-state index contributed by atoms with van der Waals surface area (Å²) < 4.78 is 5.39. The van der Waals surface area contributed by atoms with Gasteiger partial charge < -0.3 is 10.1 Å². The molecule has 0 saturated carbocycles. The fourth-order valence-electron chi connectivity index (χ4n) is 3.24. The molecule has 0 aliphatic carbocycles. The van der Waals surface area contributed by atoms with Crippen LogP contribution >= 0.6 is 0 Å². The van der Waals surface area contributed by atoms with Gasteiger partial charge in [0.2, 0.25) is 5.91 Å². The van der Waals surface area contributed by atoms with E-state index in [1.54, 1.807) is 0 Å². The number of H-pyrrole nitrogens is 1. The van der Waals surface area contributed by atoms with Crippen molar-refractivity contribution in [3.8, 4) is 0 Å². The Morgan fingerprint density at radius 1 is 1.18 bits per heavy atom. The number of hydrogen-bond donors (Lipinski definition) is 2. The number of carbonyl (C=O) groups excluding carboxylic acids is 1. The zero-order valence-electron chi connectivity index (χ0n) is 12.2. The predicted octanol–water partition coefficient (Wildman–Crippen LogP) is 2.17. The van der Waals surface area contributed by atoms with E-state index in [9.17, 15) is 4.79 Å². The largest absolute Gasteiger partial charge is 0.381 e. The van der Waals surface area contributed by atoms with Crippen molar-refractivity contribution < 1.29 is 9.53 Å². The van der Waals surface area contributed by atoms with Crippen molar-refractivity contribution in [3.05, 3.63) is 41.5 Å². The molecule has 6 nitrogen and oxygen atoms in total. The molecule has 2 aliphatic rings. The lowest BCUT2D eigenvalue weighted by atomic mass is 9.90. The molecule has 0 radical (unpaired) electrons. The van der Waals surface area contributed by atoms with Gasteiger partial charge in [-0.3, -0.25) is 9.89 Å². The maximum Gasteiger partial charge on any atom is 0.225 e. The molecule has 1 amide bonds. The lowest BCUT2D eigenvalue weighted by Crippen LogP contribution is -2.24. The van der Waals surface area contributed by atoms with Gasteiger partial charge in [0.25, 0.3) is 0 Å². The summed E-state index contributed by atoms with van der Waals surface area (Å²) in [5, 5.41) is 10.4. The lowest BCUT2D eigenvalue weighted by molar-refractivity contribution is -0.116. The number of ether oxygens (including phenoxy) is 1. The number of nitrogens with zero attached hydrogens (tertiary/aromatic N) is 2. The van der Waals surface area contributed by atoms with Gasteiger partial charge >= 0.3 is 0 Å². The molecular weight excluding hydrogens is 280 g/mol. The molecule has 3 heterocycles. The fraction of sp³-hybridized carbons (Fsp3) is 0.438. The van der Waals surface area contributed by atoms with E-state index in [0.29, 0.717) is 12.3 Å². The van der Waals surface area contributed by atoms with E-state index in [2.05, 4.69) is 20.5 Å². The number of fused-ring (bicyclic) bond motifs is 1. The van der Waals surface area contributed by atoms with Gasteiger partial charge in [0, 0.05) is 31.2 Å². The van der Waals surface area contributed by atoms with Crippen molar-refractivity contribution in [2.24, 2.45) is 0 Å². The zero-order chi connectivity index (χ0) is 14.9. The number of para-hydroxylation sites is 1. The Morgan fingerprint density at radius 3 is 2.86 bits per heavy atom. The maximum absolute atomic E-state index is 11.9. The van der Waals surface area contributed by atoms with Gasteiger partial charge in [0.1, 0.15) is 5.82 Å². The Kier molecular flexibility index (Phi) is 3.38. The summed E-state index contributed by atoms with van der Waals surface area (Å²) in [6.07, 6.45) is 2.32. The number of nitrogens with one attached hydrogen (secondary N) is 2. The molecule has 1 aromatic heterocycles. The highest BCUT2D eigenvalue weighted by molar-refractivity contribution is 5.95. The number of amides is 1. The van der Waals surface area contributed by atoms with Crippen molar-refractivity contribution in [1.82, 2.24) is 15.2 Å². The summed E-state index contributed by atoms with van der Waals surface area (Å²) in [6.45, 7) is 1.53. The number of hydrogen-bond acceptors (Lipinski definition) is 4. The first-order chi connectivity index (χ1) is 10.8. The van der Waals surface area contributed by atoms with Crippen LogP contribution in [0.1, 0.15) is 48.3 Å². The van der Waals surface area contributed by atoms with Gasteiger partial charge in [0.05, 0.1) is 5.92 Å². The minimum absolute atomic E-state index is 0.0210. The van der Waals surface area contributed by atoms with Crippen molar-refractivity contribution in [1.29, 1.82) is 0 Å². The molecule has 22 heavy (non-hydrogen) atoms. The third kappa shape index (κ3) is 2.39. The normalized spacial score (nSPS) is 22.2. The topological polar surface area (TPSA) is 79.9 Å². The second-order valence-corrected chi connectivity index (χ2v) is 5.86. The molecule has 2 aromatic rings. The number of aromatic nitrogens is 3. The number of rotatable bonds is 2. The molecule has 6 heteroatoms. The molecule has 1 saturated heterocycles. The summed E-state index contributed by atoms with van der Waals surface area (Å²) in [4.78, 5) is 16.6. The molecule has 2 N–H and O–H groups in total. The average molecular weight is 298 g/mol. The van der Waals surface area contributed by atoms with Crippen LogP contribution in [0.2, 0.25) is 0 Å². The Balaban J connectivity index is 1.65. The summed E-state index contributed by atoms with van der Waals surface area (Å²) in [5.41, 5.74) is 1.96. The van der Waals surface area contributed by atoms with E-state index >= 15 is 0 Å². The summed E-state index contributed by atoms with van der Waals surface area (Å²) in [6, 6.07) is 7.87. The number of anilines is 1. The molecule has 1 atom stereocenters. The molecular formula is C16H18N4O2. The maximum atomic E-state index is 11.9. The van der Waals surface area contributed by atoms with Gasteiger partial charge in [-0.05, 0) is 24.5 Å². The van der Waals surface area contributed by atoms with E-state index in [4.69, 9.17) is 4.74 Å². The molecule has 0 unspecified atom stereocenters. The molecule has 0 bridgehead atoms. The summed E-state index contributed by atoms with van der Waals surface area (Å²) >= 11 is 0. The van der Waals surface area contributed by atoms with Crippen molar-refractivity contribution in [3.63, 3.8) is 0 Å². The summed E-state index contributed by atoms with van der Waals surface area (Å²) in [5.74, 6) is 1.95. The van der Waals surface area contributed by atoms with Crippen LogP contribution < -0.4 is 5.32 Å². The van der Waals surface area contributed by atoms with E-state index in [1.807, 2.05) is 24.3 Å². The van der Waals surface area contributed by atoms with Gasteiger partial charge in [0.15, 0.2) is 5.82 Å². The Hall–Kier alpha value is -2.21. The van der Waals surface area contributed by atoms with Gasteiger partial charge in [-0.2, -0.15) is 5.10 Å². The molecule has 0 spiro atoms. The van der Waals surface area contributed by atoms with Gasteiger partial charge in [-0.1, -0.05) is 18.2 Å². The first-order valence-electron chi connectivity index (χ1n) is 7.70. The highest BCUT2D eigenvalue weighted by Crippen LogP contribution is 2.36. The minimum Gasteiger partial charge on any atom is -0.381 e. The van der Waals surface area contributed by atoms with Crippen LogP contribution in [0, 0.1) is 0 Å². The van der Waals surface area contributed by atoms with Gasteiger partial charge in [-0.15, -0.1) is 0 Å². The second kappa shape index (κ2) is 5.53. The van der Waals surface area contributed by atoms with Crippen molar-refractivity contribution in [2.75, 3.05) is 18.5 Å². The molecule has 4 rings (SSSR count). The summed E-state index contributed by atoms with van der Waals surface area (Å²) in [7, 11) is 0. The van der Waals surface area contributed by atoms with Crippen LogP contribution in [0.3, 0.4) is 0 Å². The van der Waals surface area contributed by atoms with E-state index in [0.717, 1.165) is 49.0 Å². The van der Waals surface area contributed by atoms with Crippen LogP contribution in [-0.4, -0.2) is 34.3 Å². The SMILES string of the molecule is O=C1C[C@H](c2nc(C3CCOCC3)n[nH]2)c2ccccc2N1. The van der Waals surface area contributed by atoms with Crippen LogP contribution in [0.15, 0.2) is 24.3 Å². The Bertz CT molecular complexity index is 691. The Morgan fingerprint density at radius 2 is 2.00 bits per heavy atom. The zero-order valence-corrected chi connectivity index (χ0v) is 12.2. The van der Waals surface area contributed by atoms with E-state index in [-0.39, 0.29) is 11.8 Å². The van der Waals surface area contributed by atoms with Crippen LogP contribution in [0.4, 0.5) is 5.69 Å². The van der Waals surface area contributed by atoms with Crippen LogP contribution in [-0.2, 0) is 9.53 Å². The van der Waals surface area contributed by atoms with Crippen LogP contribution in [0.25, 0.3) is 0 Å². The third-order valence-electron chi connectivity index (χ3n) is 4.44. The standard InChI is InChI=1S/C16H18N4O2/c21-14-9-12(11-3-1-2-4-13(11)17-14)16-18-15(19-20-16)10-5-7-22-8-6-10/h1-4,10,12H,5-9H2,(H,17,21)(H,18,19,20)/t12-/m0/s1. The average Bonchev–Trinajstić information content (AvgIpc) is 3.05. The first kappa shape index (κ1) is 13.5. The van der Waals surface area contributed by atoms with E-state index < -0.39 is 0 Å².